The van der Waals surface area contributed by atoms with E-state index in [1.807, 2.05) is 12.1 Å². The van der Waals surface area contributed by atoms with Crippen LogP contribution < -0.4 is 14.5 Å². The van der Waals surface area contributed by atoms with Gasteiger partial charge < -0.3 is 19.0 Å². The molecule has 0 bridgehead atoms. The lowest BCUT2D eigenvalue weighted by atomic mass is 10.1. The van der Waals surface area contributed by atoms with Crippen LogP contribution in [0, 0.1) is 6.92 Å². The number of nitrogens with zero attached hydrogens (tertiary/aromatic N) is 2. The summed E-state index contributed by atoms with van der Waals surface area (Å²) < 4.78 is 11.7. The molecule has 1 saturated heterocycles. The minimum Gasteiger partial charge on any atom is -0.493 e. The number of rotatable bonds is 5. The van der Waals surface area contributed by atoms with Crippen molar-refractivity contribution in [3.8, 4) is 17.2 Å². The fraction of sp³-hybridized carbons (Fsp3) is 0.417. The van der Waals surface area contributed by atoms with E-state index in [1.165, 1.54) is 21.6 Å². The van der Waals surface area contributed by atoms with E-state index in [-0.39, 0.29) is 6.04 Å². The molecule has 0 radical (unpaired) electrons. The average Bonchev–Trinajstić information content (AvgIpc) is 3.43. The summed E-state index contributed by atoms with van der Waals surface area (Å²) in [6.07, 6.45) is 1.04. The zero-order valence-electron chi connectivity index (χ0n) is 17.8. The van der Waals surface area contributed by atoms with Crippen molar-refractivity contribution >= 4 is 0 Å². The molecule has 5 rings (SSSR count). The van der Waals surface area contributed by atoms with Gasteiger partial charge in [0.15, 0.2) is 6.04 Å². The van der Waals surface area contributed by atoms with Crippen LogP contribution >= 0.6 is 0 Å². The topological polar surface area (TPSA) is 57.0 Å². The van der Waals surface area contributed by atoms with Crippen LogP contribution in [0.4, 0.5) is 0 Å². The molecule has 0 amide bonds. The van der Waals surface area contributed by atoms with Gasteiger partial charge in [0.25, 0.3) is 5.89 Å². The number of fused-ring (bicyclic) bond motifs is 1. The lowest BCUT2D eigenvalue weighted by Crippen LogP contribution is -3.27. The standard InChI is InChI=1S/C24H28N4O2/c1-17-4-3-5-21(14-17)24-26-25-23(30-24)18(2)28-11-9-27(10-12-28)16-19-6-7-22-20(15-19)8-13-29-22/h3-7,14-15,18H,8-13,16H2,1-2H3/p+2/t18-/m0/s1. The van der Waals surface area contributed by atoms with Gasteiger partial charge in [0.05, 0.1) is 6.61 Å². The highest BCUT2D eigenvalue weighted by molar-refractivity contribution is 5.53. The van der Waals surface area contributed by atoms with Gasteiger partial charge in [0.1, 0.15) is 38.5 Å². The third-order valence-corrected chi connectivity index (χ3v) is 6.50. The Labute approximate surface area is 177 Å². The smallest absolute Gasteiger partial charge is 0.274 e. The fourth-order valence-corrected chi connectivity index (χ4v) is 4.65. The molecule has 156 valence electrons. The third-order valence-electron chi connectivity index (χ3n) is 6.50. The lowest BCUT2D eigenvalue weighted by Gasteiger charge is -2.32. The summed E-state index contributed by atoms with van der Waals surface area (Å²) in [7, 11) is 0. The minimum atomic E-state index is 0.217. The number of nitrogens with one attached hydrogen (secondary N) is 2. The molecule has 3 heterocycles. The monoisotopic (exact) mass is 406 g/mol. The predicted molar refractivity (Wildman–Crippen MR) is 114 cm³/mol. The summed E-state index contributed by atoms with van der Waals surface area (Å²) in [5.41, 5.74) is 4.97. The number of quaternary nitrogens is 2. The van der Waals surface area contributed by atoms with Gasteiger partial charge in [-0.25, -0.2) is 0 Å². The third kappa shape index (κ3) is 3.98. The van der Waals surface area contributed by atoms with Gasteiger partial charge in [-0.3, -0.25) is 0 Å². The first-order chi connectivity index (χ1) is 14.7. The molecule has 0 aliphatic carbocycles. The summed E-state index contributed by atoms with van der Waals surface area (Å²) in [5.74, 6) is 2.43. The number of ether oxygens (including phenoxy) is 1. The normalized spacial score (nSPS) is 21.8. The van der Waals surface area contributed by atoms with E-state index in [9.17, 15) is 0 Å². The molecule has 6 nitrogen and oxygen atoms in total. The molecule has 1 aromatic heterocycles. The fourth-order valence-electron chi connectivity index (χ4n) is 4.65. The lowest BCUT2D eigenvalue weighted by molar-refractivity contribution is -1.03. The van der Waals surface area contributed by atoms with Gasteiger partial charge in [-0.2, -0.15) is 0 Å². The second-order valence-corrected chi connectivity index (χ2v) is 8.66. The molecule has 0 unspecified atom stereocenters. The van der Waals surface area contributed by atoms with E-state index >= 15 is 0 Å². The van der Waals surface area contributed by atoms with E-state index < -0.39 is 0 Å². The van der Waals surface area contributed by atoms with Crippen molar-refractivity contribution in [3.05, 3.63) is 65.0 Å². The van der Waals surface area contributed by atoms with Crippen LogP contribution in [0.3, 0.4) is 0 Å². The summed E-state index contributed by atoms with van der Waals surface area (Å²) in [6, 6.07) is 15.1. The van der Waals surface area contributed by atoms with Gasteiger partial charge >= 0.3 is 0 Å². The van der Waals surface area contributed by atoms with E-state index in [0.717, 1.165) is 63.0 Å². The second kappa shape index (κ2) is 8.20. The second-order valence-electron chi connectivity index (χ2n) is 8.66. The summed E-state index contributed by atoms with van der Waals surface area (Å²) >= 11 is 0. The number of aromatic nitrogens is 2. The van der Waals surface area contributed by atoms with Crippen molar-refractivity contribution in [1.82, 2.24) is 10.2 Å². The first-order valence-electron chi connectivity index (χ1n) is 11.0. The number of piperazine rings is 1. The molecular weight excluding hydrogens is 376 g/mol. The molecule has 2 aliphatic rings. The van der Waals surface area contributed by atoms with E-state index in [2.05, 4.69) is 54.4 Å². The van der Waals surface area contributed by atoms with Crippen LogP contribution in [0.15, 0.2) is 46.9 Å². The Hall–Kier alpha value is -2.70. The zero-order valence-corrected chi connectivity index (χ0v) is 17.8. The first-order valence-corrected chi connectivity index (χ1v) is 11.0. The van der Waals surface area contributed by atoms with Crippen LogP contribution in [-0.2, 0) is 13.0 Å². The number of benzene rings is 2. The van der Waals surface area contributed by atoms with Crippen molar-refractivity contribution in [3.63, 3.8) is 0 Å². The summed E-state index contributed by atoms with van der Waals surface area (Å²) in [5, 5.41) is 8.66. The molecule has 0 saturated carbocycles. The Bertz CT molecular complexity index is 1020. The maximum Gasteiger partial charge on any atom is 0.274 e. The van der Waals surface area contributed by atoms with Gasteiger partial charge in [-0.05, 0) is 49.7 Å². The van der Waals surface area contributed by atoms with Gasteiger partial charge in [0, 0.05) is 17.5 Å². The number of aryl methyl sites for hydroxylation is 1. The molecule has 3 aromatic rings. The van der Waals surface area contributed by atoms with Crippen LogP contribution in [0.25, 0.3) is 11.5 Å². The van der Waals surface area contributed by atoms with Gasteiger partial charge in [0.2, 0.25) is 5.89 Å². The maximum absolute atomic E-state index is 6.04. The molecular formula is C24H30N4O2+2. The molecule has 0 spiro atoms. The Morgan fingerprint density at radius 3 is 2.73 bits per heavy atom. The SMILES string of the molecule is Cc1cccc(-c2nnc([C@H](C)[NH+]3CC[NH+](Cc4ccc5c(c4)CCO5)CC3)o2)c1. The molecule has 2 aliphatic heterocycles. The van der Waals surface area contributed by atoms with Gasteiger partial charge in [-0.15, -0.1) is 10.2 Å². The number of hydrogen-bond acceptors (Lipinski definition) is 4. The van der Waals surface area contributed by atoms with Gasteiger partial charge in [-0.1, -0.05) is 17.7 Å². The molecule has 2 aromatic carbocycles. The molecule has 1 atom stereocenters. The van der Waals surface area contributed by atoms with Crippen molar-refractivity contribution < 1.29 is 19.0 Å². The average molecular weight is 407 g/mol. The highest BCUT2D eigenvalue weighted by Gasteiger charge is 2.31. The Balaban J connectivity index is 1.18. The summed E-state index contributed by atoms with van der Waals surface area (Å²) in [6.45, 7) is 10.7. The minimum absolute atomic E-state index is 0.217. The molecule has 2 N–H and O–H groups in total. The Morgan fingerprint density at radius 2 is 1.90 bits per heavy atom. The summed E-state index contributed by atoms with van der Waals surface area (Å²) in [4.78, 5) is 3.18. The number of hydrogen-bond donors (Lipinski definition) is 2. The molecule has 30 heavy (non-hydrogen) atoms. The Kier molecular flexibility index (Phi) is 5.27. The highest BCUT2D eigenvalue weighted by atomic mass is 16.5. The largest absolute Gasteiger partial charge is 0.493 e. The highest BCUT2D eigenvalue weighted by Crippen LogP contribution is 2.25. The molecule has 6 heteroatoms. The maximum atomic E-state index is 6.04. The van der Waals surface area contributed by atoms with Crippen LogP contribution in [0.5, 0.6) is 5.75 Å². The quantitative estimate of drug-likeness (QED) is 0.665. The predicted octanol–water partition coefficient (Wildman–Crippen LogP) is 1.02. The Morgan fingerprint density at radius 1 is 1.03 bits per heavy atom. The van der Waals surface area contributed by atoms with E-state index in [1.54, 1.807) is 4.90 Å². The van der Waals surface area contributed by atoms with E-state index in [0.29, 0.717) is 5.89 Å². The first kappa shape index (κ1) is 19.3. The van der Waals surface area contributed by atoms with Crippen LogP contribution in [-0.4, -0.2) is 43.0 Å². The van der Waals surface area contributed by atoms with Crippen LogP contribution in [0.2, 0.25) is 0 Å². The van der Waals surface area contributed by atoms with E-state index in [4.69, 9.17) is 9.15 Å². The van der Waals surface area contributed by atoms with Crippen molar-refractivity contribution in [2.24, 2.45) is 0 Å². The molecule has 1 fully saturated rings. The van der Waals surface area contributed by atoms with Crippen molar-refractivity contribution in [1.29, 1.82) is 0 Å². The van der Waals surface area contributed by atoms with Crippen molar-refractivity contribution in [2.75, 3.05) is 32.8 Å². The zero-order chi connectivity index (χ0) is 20.5. The van der Waals surface area contributed by atoms with Crippen LogP contribution in [0.1, 0.15) is 35.5 Å². The van der Waals surface area contributed by atoms with Crippen molar-refractivity contribution in [2.45, 2.75) is 32.9 Å².